The number of aliphatic hydroxyl groups is 1. The van der Waals surface area contributed by atoms with Gasteiger partial charge in [0.05, 0.1) is 12.6 Å². The molecule has 0 bridgehead atoms. The fourth-order valence-electron chi connectivity index (χ4n) is 2.36. The standard InChI is InChI=1S/C12H22N2O3/c1-12(2,3)17-11(16)14-6-9(10(15)7-14)8-4-13-5-8/h8-10,13,15H,4-7H2,1-3H3/t9-,10+/m1/s1. The van der Waals surface area contributed by atoms with Crippen molar-refractivity contribution in [1.82, 2.24) is 10.2 Å². The summed E-state index contributed by atoms with van der Waals surface area (Å²) >= 11 is 0. The van der Waals surface area contributed by atoms with E-state index in [2.05, 4.69) is 5.32 Å². The van der Waals surface area contributed by atoms with Gasteiger partial charge in [-0.05, 0) is 39.8 Å². The van der Waals surface area contributed by atoms with Crippen LogP contribution in [0.2, 0.25) is 0 Å². The summed E-state index contributed by atoms with van der Waals surface area (Å²) in [5.41, 5.74) is -0.474. The molecule has 2 heterocycles. The molecular formula is C12H22N2O3. The first-order valence-corrected chi connectivity index (χ1v) is 6.23. The quantitative estimate of drug-likeness (QED) is 0.700. The highest BCUT2D eigenvalue weighted by Gasteiger charge is 2.41. The molecule has 2 atom stereocenters. The van der Waals surface area contributed by atoms with Crippen LogP contribution in [0.4, 0.5) is 4.79 Å². The SMILES string of the molecule is CC(C)(C)OC(=O)N1C[C@H](C2CNC2)[C@@H](O)C1. The van der Waals surface area contributed by atoms with Gasteiger partial charge in [-0.3, -0.25) is 0 Å². The normalized spacial score (nSPS) is 30.2. The summed E-state index contributed by atoms with van der Waals surface area (Å²) in [6.45, 7) is 8.46. The Bertz CT molecular complexity index is 297. The maximum absolute atomic E-state index is 11.9. The van der Waals surface area contributed by atoms with Gasteiger partial charge < -0.3 is 20.1 Å². The highest BCUT2D eigenvalue weighted by molar-refractivity contribution is 5.68. The number of β-amino-alcohol motifs (C(OH)–C–C–N with tert-alkyl or cyclic N) is 1. The van der Waals surface area contributed by atoms with E-state index >= 15 is 0 Å². The molecule has 2 rings (SSSR count). The van der Waals surface area contributed by atoms with Crippen molar-refractivity contribution >= 4 is 6.09 Å². The van der Waals surface area contributed by atoms with Crippen molar-refractivity contribution in [3.8, 4) is 0 Å². The molecule has 5 nitrogen and oxygen atoms in total. The Kier molecular flexibility index (Phi) is 3.32. The molecule has 0 saturated carbocycles. The lowest BCUT2D eigenvalue weighted by molar-refractivity contribution is 0.0269. The number of carbonyl (C=O) groups is 1. The molecular weight excluding hydrogens is 220 g/mol. The van der Waals surface area contributed by atoms with E-state index < -0.39 is 11.7 Å². The molecule has 0 aromatic heterocycles. The lowest BCUT2D eigenvalue weighted by atomic mass is 9.85. The second-order valence-electron chi connectivity index (χ2n) is 6.03. The number of nitrogens with zero attached hydrogens (tertiary/aromatic N) is 1. The van der Waals surface area contributed by atoms with Crippen molar-refractivity contribution in [2.75, 3.05) is 26.2 Å². The monoisotopic (exact) mass is 242 g/mol. The number of nitrogens with one attached hydrogen (secondary N) is 1. The molecule has 0 aromatic rings. The van der Waals surface area contributed by atoms with E-state index in [4.69, 9.17) is 4.74 Å². The summed E-state index contributed by atoms with van der Waals surface area (Å²) < 4.78 is 5.31. The van der Waals surface area contributed by atoms with Gasteiger partial charge in [-0.2, -0.15) is 0 Å². The maximum atomic E-state index is 11.9. The lowest BCUT2D eigenvalue weighted by Crippen LogP contribution is -2.49. The van der Waals surface area contributed by atoms with Crippen molar-refractivity contribution in [3.05, 3.63) is 0 Å². The number of aliphatic hydroxyl groups excluding tert-OH is 1. The lowest BCUT2D eigenvalue weighted by Gasteiger charge is -2.33. The smallest absolute Gasteiger partial charge is 0.410 e. The van der Waals surface area contributed by atoms with Gasteiger partial charge in [0.15, 0.2) is 0 Å². The number of amides is 1. The van der Waals surface area contributed by atoms with Gasteiger partial charge in [-0.1, -0.05) is 0 Å². The third kappa shape index (κ3) is 2.90. The molecule has 98 valence electrons. The molecule has 0 radical (unpaired) electrons. The van der Waals surface area contributed by atoms with Crippen molar-refractivity contribution in [1.29, 1.82) is 0 Å². The third-order valence-corrected chi connectivity index (χ3v) is 3.40. The predicted molar refractivity (Wildman–Crippen MR) is 63.7 cm³/mol. The number of likely N-dealkylation sites (tertiary alicyclic amines) is 1. The number of hydrogen-bond donors (Lipinski definition) is 2. The van der Waals surface area contributed by atoms with E-state index in [1.807, 2.05) is 20.8 Å². The largest absolute Gasteiger partial charge is 0.444 e. The summed E-state index contributed by atoms with van der Waals surface area (Å²) in [6.07, 6.45) is -0.721. The van der Waals surface area contributed by atoms with Gasteiger partial charge in [0, 0.05) is 12.5 Å². The fourth-order valence-corrected chi connectivity index (χ4v) is 2.36. The molecule has 0 unspecified atom stereocenters. The fraction of sp³-hybridized carbons (Fsp3) is 0.917. The van der Waals surface area contributed by atoms with Gasteiger partial charge >= 0.3 is 6.09 Å². The van der Waals surface area contributed by atoms with Gasteiger partial charge in [-0.15, -0.1) is 0 Å². The summed E-state index contributed by atoms with van der Waals surface area (Å²) in [6, 6.07) is 0. The van der Waals surface area contributed by atoms with Crippen LogP contribution in [0, 0.1) is 11.8 Å². The summed E-state index contributed by atoms with van der Waals surface area (Å²) in [4.78, 5) is 13.5. The molecule has 0 aliphatic carbocycles. The number of hydrogen-bond acceptors (Lipinski definition) is 4. The third-order valence-electron chi connectivity index (χ3n) is 3.40. The van der Waals surface area contributed by atoms with Crippen LogP contribution < -0.4 is 5.32 Å². The van der Waals surface area contributed by atoms with E-state index in [1.165, 1.54) is 0 Å². The molecule has 2 aliphatic heterocycles. The van der Waals surface area contributed by atoms with Gasteiger partial charge in [-0.25, -0.2) is 4.79 Å². The Labute approximate surface area is 102 Å². The minimum absolute atomic E-state index is 0.198. The second-order valence-corrected chi connectivity index (χ2v) is 6.03. The molecule has 0 spiro atoms. The molecule has 0 aromatic carbocycles. The van der Waals surface area contributed by atoms with Crippen molar-refractivity contribution in [3.63, 3.8) is 0 Å². The van der Waals surface area contributed by atoms with Crippen LogP contribution in [-0.2, 0) is 4.74 Å². The average Bonchev–Trinajstić information content (AvgIpc) is 2.42. The van der Waals surface area contributed by atoms with E-state index in [9.17, 15) is 9.90 Å². The molecule has 17 heavy (non-hydrogen) atoms. The van der Waals surface area contributed by atoms with Gasteiger partial charge in [0.1, 0.15) is 5.60 Å². The first kappa shape index (κ1) is 12.6. The van der Waals surface area contributed by atoms with Crippen LogP contribution in [0.3, 0.4) is 0 Å². The maximum Gasteiger partial charge on any atom is 0.410 e. The minimum atomic E-state index is -0.474. The Morgan fingerprint density at radius 3 is 2.47 bits per heavy atom. The van der Waals surface area contributed by atoms with E-state index in [0.29, 0.717) is 19.0 Å². The first-order valence-electron chi connectivity index (χ1n) is 6.23. The highest BCUT2D eigenvalue weighted by Crippen LogP contribution is 2.28. The Balaban J connectivity index is 1.89. The van der Waals surface area contributed by atoms with Crippen LogP contribution >= 0.6 is 0 Å². The van der Waals surface area contributed by atoms with Crippen LogP contribution in [-0.4, -0.2) is 54.0 Å². The topological polar surface area (TPSA) is 61.8 Å². The molecule has 5 heteroatoms. The number of carbonyl (C=O) groups excluding carboxylic acids is 1. The Morgan fingerprint density at radius 1 is 1.35 bits per heavy atom. The summed E-state index contributed by atoms with van der Waals surface area (Å²) in [7, 11) is 0. The number of rotatable bonds is 1. The summed E-state index contributed by atoms with van der Waals surface area (Å²) in [5, 5.41) is 13.2. The van der Waals surface area contributed by atoms with Crippen molar-refractivity contribution in [2.24, 2.45) is 11.8 Å². The molecule has 2 saturated heterocycles. The van der Waals surface area contributed by atoms with Crippen molar-refractivity contribution in [2.45, 2.75) is 32.5 Å². The van der Waals surface area contributed by atoms with E-state index in [0.717, 1.165) is 13.1 Å². The first-order chi connectivity index (χ1) is 7.87. The van der Waals surface area contributed by atoms with Gasteiger partial charge in [0.2, 0.25) is 0 Å². The zero-order chi connectivity index (χ0) is 12.6. The zero-order valence-electron chi connectivity index (χ0n) is 10.8. The Morgan fingerprint density at radius 2 is 2.00 bits per heavy atom. The minimum Gasteiger partial charge on any atom is -0.444 e. The number of ether oxygens (including phenoxy) is 1. The Hall–Kier alpha value is -0.810. The second kappa shape index (κ2) is 4.46. The summed E-state index contributed by atoms with van der Waals surface area (Å²) in [5.74, 6) is 0.696. The predicted octanol–water partition coefficient (Wildman–Crippen LogP) is 0.434. The van der Waals surface area contributed by atoms with E-state index in [-0.39, 0.29) is 12.0 Å². The average molecular weight is 242 g/mol. The molecule has 2 fully saturated rings. The zero-order valence-corrected chi connectivity index (χ0v) is 10.8. The van der Waals surface area contributed by atoms with E-state index in [1.54, 1.807) is 4.90 Å². The molecule has 1 amide bonds. The van der Waals surface area contributed by atoms with Gasteiger partial charge in [0.25, 0.3) is 0 Å². The van der Waals surface area contributed by atoms with Crippen molar-refractivity contribution < 1.29 is 14.6 Å². The van der Waals surface area contributed by atoms with Crippen LogP contribution in [0.5, 0.6) is 0 Å². The molecule has 2 N–H and O–H groups in total. The highest BCUT2D eigenvalue weighted by atomic mass is 16.6. The van der Waals surface area contributed by atoms with Crippen LogP contribution in [0.25, 0.3) is 0 Å². The molecule has 2 aliphatic rings. The van der Waals surface area contributed by atoms with Crippen LogP contribution in [0.1, 0.15) is 20.8 Å². The van der Waals surface area contributed by atoms with Crippen LogP contribution in [0.15, 0.2) is 0 Å².